The largest absolute Gasteiger partial charge is 0.396 e. The van der Waals surface area contributed by atoms with Gasteiger partial charge in [0.15, 0.2) is 9.84 Å². The van der Waals surface area contributed by atoms with Gasteiger partial charge in [-0.3, -0.25) is 0 Å². The SMILES string of the molecule is CS(=O)(=O)c1cccc(N2CCNCC2)c1N. The van der Waals surface area contributed by atoms with E-state index in [-0.39, 0.29) is 4.90 Å². The molecule has 1 aliphatic rings. The third kappa shape index (κ3) is 2.53. The van der Waals surface area contributed by atoms with Gasteiger partial charge in [0.2, 0.25) is 0 Å². The van der Waals surface area contributed by atoms with E-state index in [0.29, 0.717) is 5.69 Å². The average Bonchev–Trinajstić information content (AvgIpc) is 2.29. The first-order valence-electron chi connectivity index (χ1n) is 5.54. The van der Waals surface area contributed by atoms with Crippen molar-refractivity contribution < 1.29 is 8.42 Å². The summed E-state index contributed by atoms with van der Waals surface area (Å²) in [6, 6.07) is 5.16. The van der Waals surface area contributed by atoms with Gasteiger partial charge in [0.05, 0.1) is 16.3 Å². The minimum absolute atomic E-state index is 0.216. The highest BCUT2D eigenvalue weighted by Gasteiger charge is 2.18. The number of hydrogen-bond acceptors (Lipinski definition) is 5. The quantitative estimate of drug-likeness (QED) is 0.732. The van der Waals surface area contributed by atoms with Gasteiger partial charge in [0.25, 0.3) is 0 Å². The Balaban J connectivity index is 2.42. The second-order valence-electron chi connectivity index (χ2n) is 4.20. The lowest BCUT2D eigenvalue weighted by molar-refractivity contribution is 0.589. The molecule has 1 heterocycles. The number of benzene rings is 1. The molecule has 0 atom stereocenters. The molecule has 0 amide bonds. The third-order valence-corrected chi connectivity index (χ3v) is 4.06. The van der Waals surface area contributed by atoms with Crippen LogP contribution in [0.5, 0.6) is 0 Å². The number of nitrogens with two attached hydrogens (primary N) is 1. The van der Waals surface area contributed by atoms with Gasteiger partial charge in [-0.15, -0.1) is 0 Å². The number of nitrogens with zero attached hydrogens (tertiary/aromatic N) is 1. The summed E-state index contributed by atoms with van der Waals surface area (Å²) in [5.41, 5.74) is 7.13. The van der Waals surface area contributed by atoms with Crippen LogP contribution in [0.2, 0.25) is 0 Å². The summed E-state index contributed by atoms with van der Waals surface area (Å²) >= 11 is 0. The van der Waals surface area contributed by atoms with Crippen molar-refractivity contribution in [2.45, 2.75) is 4.90 Å². The Morgan fingerprint density at radius 3 is 2.53 bits per heavy atom. The summed E-state index contributed by atoms with van der Waals surface area (Å²) in [4.78, 5) is 2.33. The summed E-state index contributed by atoms with van der Waals surface area (Å²) in [5, 5.41) is 3.25. The zero-order valence-corrected chi connectivity index (χ0v) is 10.6. The molecule has 0 aliphatic carbocycles. The predicted octanol–water partition coefficient (Wildman–Crippen LogP) is 0.0819. The molecule has 0 spiro atoms. The highest BCUT2D eigenvalue weighted by atomic mass is 32.2. The van der Waals surface area contributed by atoms with Crippen LogP contribution in [0.15, 0.2) is 23.1 Å². The second-order valence-corrected chi connectivity index (χ2v) is 6.18. The summed E-state index contributed by atoms with van der Waals surface area (Å²) < 4.78 is 23.2. The van der Waals surface area contributed by atoms with Crippen LogP contribution in [-0.4, -0.2) is 40.9 Å². The molecule has 0 saturated carbocycles. The molecule has 0 unspecified atom stereocenters. The lowest BCUT2D eigenvalue weighted by atomic mass is 10.2. The number of piperazine rings is 1. The molecular formula is C11H17N3O2S. The van der Waals surface area contributed by atoms with Gasteiger partial charge in [-0.1, -0.05) is 6.07 Å². The van der Waals surface area contributed by atoms with Crippen LogP contribution in [0.1, 0.15) is 0 Å². The Labute approximate surface area is 102 Å². The van der Waals surface area contributed by atoms with E-state index < -0.39 is 9.84 Å². The topological polar surface area (TPSA) is 75.4 Å². The summed E-state index contributed by atoms with van der Waals surface area (Å²) in [7, 11) is -3.26. The molecule has 1 aliphatic heterocycles. The van der Waals surface area contributed by atoms with Crippen molar-refractivity contribution in [2.75, 3.05) is 43.1 Å². The number of para-hydroxylation sites is 1. The molecule has 5 nitrogen and oxygen atoms in total. The van der Waals surface area contributed by atoms with E-state index in [2.05, 4.69) is 10.2 Å². The number of anilines is 2. The lowest BCUT2D eigenvalue weighted by Gasteiger charge is -2.30. The van der Waals surface area contributed by atoms with Crippen molar-refractivity contribution in [2.24, 2.45) is 0 Å². The Morgan fingerprint density at radius 2 is 1.94 bits per heavy atom. The first-order valence-corrected chi connectivity index (χ1v) is 7.43. The van der Waals surface area contributed by atoms with Crippen LogP contribution in [0, 0.1) is 0 Å². The fraction of sp³-hybridized carbons (Fsp3) is 0.455. The Morgan fingerprint density at radius 1 is 1.29 bits per heavy atom. The van der Waals surface area contributed by atoms with Crippen molar-refractivity contribution in [3.05, 3.63) is 18.2 Å². The van der Waals surface area contributed by atoms with Crippen LogP contribution >= 0.6 is 0 Å². The summed E-state index contributed by atoms with van der Waals surface area (Å²) in [6.45, 7) is 3.47. The molecule has 0 bridgehead atoms. The van der Waals surface area contributed by atoms with Crippen molar-refractivity contribution >= 4 is 21.2 Å². The number of sulfone groups is 1. The molecule has 0 radical (unpaired) electrons. The standard InChI is InChI=1S/C11H17N3O2S/c1-17(15,16)10-4-2-3-9(11(10)12)14-7-5-13-6-8-14/h2-4,13H,5-8,12H2,1H3. The lowest BCUT2D eigenvalue weighted by Crippen LogP contribution is -2.43. The number of nitrogens with one attached hydrogen (secondary N) is 1. The van der Waals surface area contributed by atoms with Crippen LogP contribution < -0.4 is 16.0 Å². The molecular weight excluding hydrogens is 238 g/mol. The second kappa shape index (κ2) is 4.54. The maximum atomic E-state index is 11.6. The zero-order valence-electron chi connectivity index (χ0n) is 9.81. The molecule has 17 heavy (non-hydrogen) atoms. The van der Waals surface area contributed by atoms with Gasteiger partial charge < -0.3 is 16.0 Å². The van der Waals surface area contributed by atoms with Gasteiger partial charge in [0, 0.05) is 32.4 Å². The van der Waals surface area contributed by atoms with Crippen molar-refractivity contribution in [1.29, 1.82) is 0 Å². The van der Waals surface area contributed by atoms with Crippen LogP contribution in [-0.2, 0) is 9.84 Å². The summed E-state index contributed by atoms with van der Waals surface area (Å²) in [5.74, 6) is 0. The first-order chi connectivity index (χ1) is 8.00. The molecule has 1 aromatic carbocycles. The average molecular weight is 255 g/mol. The molecule has 1 saturated heterocycles. The van der Waals surface area contributed by atoms with E-state index in [1.807, 2.05) is 6.07 Å². The molecule has 6 heteroatoms. The fourth-order valence-electron chi connectivity index (χ4n) is 2.04. The van der Waals surface area contributed by atoms with Gasteiger partial charge in [-0.25, -0.2) is 8.42 Å². The third-order valence-electron chi connectivity index (χ3n) is 2.90. The van der Waals surface area contributed by atoms with Gasteiger partial charge in [-0.2, -0.15) is 0 Å². The maximum Gasteiger partial charge on any atom is 0.177 e. The highest BCUT2D eigenvalue weighted by molar-refractivity contribution is 7.90. The predicted molar refractivity (Wildman–Crippen MR) is 69.0 cm³/mol. The van der Waals surface area contributed by atoms with E-state index in [0.717, 1.165) is 31.9 Å². The minimum atomic E-state index is -3.26. The van der Waals surface area contributed by atoms with E-state index >= 15 is 0 Å². The van der Waals surface area contributed by atoms with Gasteiger partial charge in [0.1, 0.15) is 0 Å². The Bertz CT molecular complexity index is 507. The highest BCUT2D eigenvalue weighted by Crippen LogP contribution is 2.29. The first kappa shape index (κ1) is 12.2. The van der Waals surface area contributed by atoms with Gasteiger partial charge in [-0.05, 0) is 12.1 Å². The molecule has 2 rings (SSSR count). The smallest absolute Gasteiger partial charge is 0.177 e. The molecule has 94 valence electrons. The monoisotopic (exact) mass is 255 g/mol. The van der Waals surface area contributed by atoms with Crippen molar-refractivity contribution in [3.8, 4) is 0 Å². The normalized spacial score (nSPS) is 17.1. The minimum Gasteiger partial charge on any atom is -0.396 e. The van der Waals surface area contributed by atoms with E-state index in [1.165, 1.54) is 6.26 Å². The molecule has 0 aromatic heterocycles. The van der Waals surface area contributed by atoms with Crippen molar-refractivity contribution in [1.82, 2.24) is 5.32 Å². The van der Waals surface area contributed by atoms with Crippen LogP contribution in [0.4, 0.5) is 11.4 Å². The Hall–Kier alpha value is -1.27. The maximum absolute atomic E-state index is 11.6. The number of hydrogen-bond donors (Lipinski definition) is 2. The molecule has 1 fully saturated rings. The van der Waals surface area contributed by atoms with Crippen LogP contribution in [0.25, 0.3) is 0 Å². The van der Waals surface area contributed by atoms with Crippen LogP contribution in [0.3, 0.4) is 0 Å². The van der Waals surface area contributed by atoms with Gasteiger partial charge >= 0.3 is 0 Å². The zero-order chi connectivity index (χ0) is 12.5. The Kier molecular flexibility index (Phi) is 3.26. The summed E-state index contributed by atoms with van der Waals surface area (Å²) in [6.07, 6.45) is 1.18. The number of nitrogen functional groups attached to an aromatic ring is 1. The van der Waals surface area contributed by atoms with E-state index in [1.54, 1.807) is 12.1 Å². The van der Waals surface area contributed by atoms with E-state index in [4.69, 9.17) is 5.73 Å². The van der Waals surface area contributed by atoms with Crippen molar-refractivity contribution in [3.63, 3.8) is 0 Å². The van der Waals surface area contributed by atoms with E-state index in [9.17, 15) is 8.42 Å². The number of rotatable bonds is 2. The molecule has 1 aromatic rings. The molecule has 3 N–H and O–H groups in total. The fourth-order valence-corrected chi connectivity index (χ4v) is 2.87.